The number of nitrogens with one attached hydrogen (secondary N) is 1. The van der Waals surface area contributed by atoms with Gasteiger partial charge in [0.2, 0.25) is 5.82 Å². The number of nitrogens with zero attached hydrogens (tertiary/aromatic N) is 4. The quantitative estimate of drug-likeness (QED) is 0.614. The smallest absolute Gasteiger partial charge is 0.258 e. The first-order valence-electron chi connectivity index (χ1n) is 5.41. The largest absolute Gasteiger partial charge is 0.397 e. The van der Waals surface area contributed by atoms with Gasteiger partial charge in [-0.15, -0.1) is 0 Å². The van der Waals surface area contributed by atoms with E-state index in [-0.39, 0.29) is 11.4 Å². The van der Waals surface area contributed by atoms with Crippen molar-refractivity contribution in [2.75, 3.05) is 5.73 Å². The van der Waals surface area contributed by atoms with Crippen LogP contribution in [0.15, 0.2) is 35.6 Å². The molecule has 0 bridgehead atoms. The molecule has 92 valence electrons. The molecule has 7 nitrogen and oxygen atoms in total. The Labute approximate surface area is 107 Å². The molecule has 0 aliphatic carbocycles. The highest BCUT2D eigenvalue weighted by atomic mass is 16.1. The Balaban J connectivity index is 2.35. The molecule has 3 N–H and O–H groups in total. The lowest BCUT2D eigenvalue weighted by Crippen LogP contribution is -2.09. The number of hydrogen-bond donors (Lipinski definition) is 2. The number of anilines is 1. The summed E-state index contributed by atoms with van der Waals surface area (Å²) in [4.78, 5) is 22.1. The molecule has 19 heavy (non-hydrogen) atoms. The van der Waals surface area contributed by atoms with Gasteiger partial charge in [0.25, 0.3) is 5.56 Å². The van der Waals surface area contributed by atoms with Gasteiger partial charge in [-0.25, -0.2) is 9.97 Å². The second-order valence-electron chi connectivity index (χ2n) is 3.89. The normalized spacial score (nSPS) is 10.5. The Kier molecular flexibility index (Phi) is 2.29. The maximum Gasteiger partial charge on any atom is 0.258 e. The fourth-order valence-corrected chi connectivity index (χ4v) is 1.91. The summed E-state index contributed by atoms with van der Waals surface area (Å²) in [6.07, 6.45) is 4.46. The second kappa shape index (κ2) is 3.96. The summed E-state index contributed by atoms with van der Waals surface area (Å²) < 4.78 is 1.55. The molecule has 0 spiro atoms. The molecule has 1 aromatic carbocycles. The lowest BCUT2D eigenvalue weighted by atomic mass is 10.2. The Morgan fingerprint density at radius 1 is 1.37 bits per heavy atom. The molecule has 0 saturated carbocycles. The molecular weight excluding hydrogens is 244 g/mol. The molecule has 3 rings (SSSR count). The van der Waals surface area contributed by atoms with Gasteiger partial charge in [0.15, 0.2) is 0 Å². The number of imidazole rings is 1. The zero-order valence-corrected chi connectivity index (χ0v) is 9.66. The van der Waals surface area contributed by atoms with Crippen molar-refractivity contribution in [1.82, 2.24) is 19.5 Å². The van der Waals surface area contributed by atoms with E-state index in [9.17, 15) is 4.79 Å². The van der Waals surface area contributed by atoms with Gasteiger partial charge in [0.1, 0.15) is 6.07 Å². The summed E-state index contributed by atoms with van der Waals surface area (Å²) in [5.74, 6) is 0.218. The van der Waals surface area contributed by atoms with Crippen molar-refractivity contribution in [3.05, 3.63) is 47.0 Å². The van der Waals surface area contributed by atoms with E-state index in [0.717, 1.165) is 0 Å². The first-order chi connectivity index (χ1) is 9.20. The molecule has 0 atom stereocenters. The van der Waals surface area contributed by atoms with Crippen LogP contribution in [0, 0.1) is 11.3 Å². The van der Waals surface area contributed by atoms with Crippen LogP contribution < -0.4 is 11.3 Å². The lowest BCUT2D eigenvalue weighted by molar-refractivity contribution is 1.02. The Morgan fingerprint density at radius 2 is 2.21 bits per heavy atom. The number of hydrogen-bond acceptors (Lipinski definition) is 5. The number of H-pyrrole nitrogens is 1. The van der Waals surface area contributed by atoms with Crippen LogP contribution in [-0.4, -0.2) is 19.5 Å². The van der Waals surface area contributed by atoms with Crippen LogP contribution in [0.3, 0.4) is 0 Å². The number of nitriles is 1. The van der Waals surface area contributed by atoms with Crippen molar-refractivity contribution in [3.8, 4) is 11.8 Å². The molecule has 0 amide bonds. The molecular formula is C12H8N6O. The molecule has 0 unspecified atom stereocenters. The topological polar surface area (TPSA) is 113 Å². The molecule has 0 saturated heterocycles. The van der Waals surface area contributed by atoms with Crippen molar-refractivity contribution in [1.29, 1.82) is 5.26 Å². The average molecular weight is 252 g/mol. The third kappa shape index (κ3) is 1.63. The first-order valence-corrected chi connectivity index (χ1v) is 5.41. The van der Waals surface area contributed by atoms with Gasteiger partial charge < -0.3 is 10.7 Å². The SMILES string of the molecule is N#Cc1nccn1-c1cc2nc[nH]c(=O)c2cc1N. The first kappa shape index (κ1) is 11.0. The average Bonchev–Trinajstić information content (AvgIpc) is 2.87. The van der Waals surface area contributed by atoms with Crippen LogP contribution in [0.5, 0.6) is 0 Å². The van der Waals surface area contributed by atoms with Crippen molar-refractivity contribution in [3.63, 3.8) is 0 Å². The van der Waals surface area contributed by atoms with Crippen LogP contribution in [0.4, 0.5) is 5.69 Å². The van der Waals surface area contributed by atoms with Gasteiger partial charge in [-0.05, 0) is 12.1 Å². The minimum absolute atomic E-state index is 0.218. The van der Waals surface area contributed by atoms with E-state index in [2.05, 4.69) is 15.0 Å². The highest BCUT2D eigenvalue weighted by Gasteiger charge is 2.10. The number of aromatic nitrogens is 4. The van der Waals surface area contributed by atoms with E-state index in [1.807, 2.05) is 6.07 Å². The fourth-order valence-electron chi connectivity index (χ4n) is 1.91. The van der Waals surface area contributed by atoms with Crippen LogP contribution in [0.25, 0.3) is 16.6 Å². The van der Waals surface area contributed by atoms with Crippen molar-refractivity contribution in [2.45, 2.75) is 0 Å². The maximum absolute atomic E-state index is 11.6. The predicted octanol–water partition coefficient (Wildman–Crippen LogP) is 0.563. The van der Waals surface area contributed by atoms with Gasteiger partial charge in [-0.2, -0.15) is 5.26 Å². The summed E-state index contributed by atoms with van der Waals surface area (Å²) in [7, 11) is 0. The van der Waals surface area contributed by atoms with E-state index in [0.29, 0.717) is 22.3 Å². The van der Waals surface area contributed by atoms with E-state index in [4.69, 9.17) is 11.0 Å². The minimum atomic E-state index is -0.255. The summed E-state index contributed by atoms with van der Waals surface area (Å²) in [5, 5.41) is 9.38. The van der Waals surface area contributed by atoms with Gasteiger partial charge in [0, 0.05) is 12.4 Å². The van der Waals surface area contributed by atoms with Crippen molar-refractivity contribution < 1.29 is 0 Å². The number of benzene rings is 1. The molecule has 3 aromatic rings. The van der Waals surface area contributed by atoms with Gasteiger partial charge >= 0.3 is 0 Å². The predicted molar refractivity (Wildman–Crippen MR) is 68.6 cm³/mol. The van der Waals surface area contributed by atoms with Crippen LogP contribution >= 0.6 is 0 Å². The van der Waals surface area contributed by atoms with Crippen LogP contribution in [-0.2, 0) is 0 Å². The number of rotatable bonds is 1. The highest BCUT2D eigenvalue weighted by Crippen LogP contribution is 2.22. The number of nitrogen functional groups attached to an aromatic ring is 1. The number of fused-ring (bicyclic) bond motifs is 1. The molecule has 0 aliphatic rings. The molecule has 0 fully saturated rings. The molecule has 7 heteroatoms. The molecule has 0 radical (unpaired) electrons. The minimum Gasteiger partial charge on any atom is -0.397 e. The van der Waals surface area contributed by atoms with E-state index < -0.39 is 0 Å². The Hall–Kier alpha value is -3.14. The van der Waals surface area contributed by atoms with Gasteiger partial charge in [-0.3, -0.25) is 9.36 Å². The Bertz CT molecular complexity index is 870. The fraction of sp³-hybridized carbons (Fsp3) is 0. The van der Waals surface area contributed by atoms with Gasteiger partial charge in [0.05, 0.1) is 28.6 Å². The van der Waals surface area contributed by atoms with Crippen LogP contribution in [0.2, 0.25) is 0 Å². The highest BCUT2D eigenvalue weighted by molar-refractivity contribution is 5.85. The van der Waals surface area contributed by atoms with E-state index >= 15 is 0 Å². The molecule has 2 heterocycles. The maximum atomic E-state index is 11.6. The lowest BCUT2D eigenvalue weighted by Gasteiger charge is -2.08. The molecule has 0 aliphatic heterocycles. The number of nitrogens with two attached hydrogens (primary N) is 1. The standard InChI is InChI=1S/C12H8N6O/c13-5-11-15-1-2-18(11)10-4-9-7(3-8(10)14)12(19)17-6-16-9/h1-4,6H,14H2,(H,16,17,19). The van der Waals surface area contributed by atoms with Crippen molar-refractivity contribution in [2.24, 2.45) is 0 Å². The zero-order valence-electron chi connectivity index (χ0n) is 9.66. The number of aromatic amines is 1. The summed E-state index contributed by atoms with van der Waals surface area (Å²) in [6.45, 7) is 0. The third-order valence-electron chi connectivity index (χ3n) is 2.79. The zero-order chi connectivity index (χ0) is 13.4. The monoisotopic (exact) mass is 252 g/mol. The van der Waals surface area contributed by atoms with E-state index in [1.165, 1.54) is 18.6 Å². The van der Waals surface area contributed by atoms with Crippen molar-refractivity contribution >= 4 is 16.6 Å². The summed E-state index contributed by atoms with van der Waals surface area (Å²) >= 11 is 0. The van der Waals surface area contributed by atoms with Crippen LogP contribution in [0.1, 0.15) is 5.82 Å². The Morgan fingerprint density at radius 3 is 3.00 bits per heavy atom. The van der Waals surface area contributed by atoms with Gasteiger partial charge in [-0.1, -0.05) is 0 Å². The summed E-state index contributed by atoms with van der Waals surface area (Å²) in [5.41, 5.74) is 7.13. The van der Waals surface area contributed by atoms with E-state index in [1.54, 1.807) is 16.8 Å². The summed E-state index contributed by atoms with van der Waals surface area (Å²) in [6, 6.07) is 5.16. The second-order valence-corrected chi connectivity index (χ2v) is 3.89. The molecule has 2 aromatic heterocycles. The third-order valence-corrected chi connectivity index (χ3v) is 2.79.